The van der Waals surface area contributed by atoms with Crippen molar-refractivity contribution in [2.75, 3.05) is 26.1 Å². The number of ether oxygens (including phenoxy) is 3. The summed E-state index contributed by atoms with van der Waals surface area (Å²) in [7, 11) is 3.19. The summed E-state index contributed by atoms with van der Waals surface area (Å²) >= 11 is 0. The average molecular weight is 315 g/mol. The van der Waals surface area contributed by atoms with Gasteiger partial charge in [0.1, 0.15) is 0 Å². The molecule has 122 valence electrons. The summed E-state index contributed by atoms with van der Waals surface area (Å²) in [5.74, 6) is 1.04. The number of carbonyl (C=O) groups is 1. The second-order valence-electron chi connectivity index (χ2n) is 4.89. The third-order valence-corrected chi connectivity index (χ3v) is 3.22. The Morgan fingerprint density at radius 3 is 2.61 bits per heavy atom. The van der Waals surface area contributed by atoms with Crippen LogP contribution in [0, 0.1) is 0 Å². The zero-order chi connectivity index (χ0) is 16.7. The first kappa shape index (κ1) is 16.8. The molecule has 23 heavy (non-hydrogen) atoms. The van der Waals surface area contributed by atoms with E-state index < -0.39 is 0 Å². The maximum absolute atomic E-state index is 12.4. The Hall–Kier alpha value is -2.53. The minimum absolute atomic E-state index is 0.186. The second-order valence-corrected chi connectivity index (χ2v) is 4.89. The molecule has 0 aliphatic rings. The van der Waals surface area contributed by atoms with Crippen molar-refractivity contribution >= 4 is 11.6 Å². The van der Waals surface area contributed by atoms with Crippen LogP contribution in [0.1, 0.15) is 22.8 Å². The fraction of sp³-hybridized carbons (Fsp3) is 0.278. The first-order valence-corrected chi connectivity index (χ1v) is 7.38. The van der Waals surface area contributed by atoms with Crippen LogP contribution in [0.15, 0.2) is 42.5 Å². The molecule has 1 N–H and O–H groups in total. The number of rotatable bonds is 7. The molecular formula is C18H21NO4. The lowest BCUT2D eigenvalue weighted by atomic mass is 10.1. The summed E-state index contributed by atoms with van der Waals surface area (Å²) in [5.41, 5.74) is 2.17. The van der Waals surface area contributed by atoms with Crippen LogP contribution < -0.4 is 14.8 Å². The van der Waals surface area contributed by atoms with Gasteiger partial charge in [0.2, 0.25) is 0 Å². The van der Waals surface area contributed by atoms with E-state index in [-0.39, 0.29) is 5.91 Å². The van der Waals surface area contributed by atoms with E-state index in [0.717, 1.165) is 5.56 Å². The van der Waals surface area contributed by atoms with Gasteiger partial charge in [-0.1, -0.05) is 12.1 Å². The molecule has 0 heterocycles. The van der Waals surface area contributed by atoms with E-state index in [1.807, 2.05) is 25.1 Å². The van der Waals surface area contributed by atoms with Crippen LogP contribution in [0.4, 0.5) is 5.69 Å². The normalized spacial score (nSPS) is 10.2. The summed E-state index contributed by atoms with van der Waals surface area (Å²) in [5, 5.41) is 2.86. The highest BCUT2D eigenvalue weighted by atomic mass is 16.5. The van der Waals surface area contributed by atoms with Gasteiger partial charge >= 0.3 is 0 Å². The van der Waals surface area contributed by atoms with Crippen molar-refractivity contribution in [2.24, 2.45) is 0 Å². The van der Waals surface area contributed by atoms with Gasteiger partial charge in [-0.25, -0.2) is 0 Å². The van der Waals surface area contributed by atoms with Gasteiger partial charge in [0, 0.05) is 24.4 Å². The Balaban J connectivity index is 2.15. The van der Waals surface area contributed by atoms with E-state index >= 15 is 0 Å². The minimum Gasteiger partial charge on any atom is -0.493 e. The fourth-order valence-corrected chi connectivity index (χ4v) is 2.19. The molecule has 0 unspecified atom stereocenters. The molecule has 2 aromatic rings. The number of anilines is 1. The van der Waals surface area contributed by atoms with Gasteiger partial charge < -0.3 is 19.5 Å². The smallest absolute Gasteiger partial charge is 0.255 e. The summed E-state index contributed by atoms with van der Waals surface area (Å²) in [6.07, 6.45) is 0. The van der Waals surface area contributed by atoms with E-state index in [9.17, 15) is 4.79 Å². The number of hydrogen-bond donors (Lipinski definition) is 1. The predicted molar refractivity (Wildman–Crippen MR) is 89.3 cm³/mol. The van der Waals surface area contributed by atoms with Gasteiger partial charge in [-0.3, -0.25) is 4.79 Å². The Morgan fingerprint density at radius 2 is 1.91 bits per heavy atom. The van der Waals surface area contributed by atoms with Gasteiger partial charge in [0.15, 0.2) is 11.5 Å². The van der Waals surface area contributed by atoms with E-state index in [2.05, 4.69) is 5.32 Å². The maximum Gasteiger partial charge on any atom is 0.255 e. The van der Waals surface area contributed by atoms with Crippen LogP contribution in [0.25, 0.3) is 0 Å². The standard InChI is InChI=1S/C18H21NO4/c1-4-23-16-9-8-15(11-17(16)22-3)19-18(20)14-7-5-6-13(10-14)12-21-2/h5-11H,4,12H2,1-3H3,(H,19,20). The molecule has 0 atom stereocenters. The van der Waals surface area contributed by atoms with Gasteiger partial charge in [-0.2, -0.15) is 0 Å². The zero-order valence-electron chi connectivity index (χ0n) is 13.6. The van der Waals surface area contributed by atoms with Crippen molar-refractivity contribution in [3.8, 4) is 11.5 Å². The van der Waals surface area contributed by atoms with Crippen LogP contribution >= 0.6 is 0 Å². The lowest BCUT2D eigenvalue weighted by molar-refractivity contribution is 0.102. The molecule has 0 bridgehead atoms. The first-order valence-electron chi connectivity index (χ1n) is 7.38. The monoisotopic (exact) mass is 315 g/mol. The molecule has 0 spiro atoms. The molecule has 0 saturated carbocycles. The SMILES string of the molecule is CCOc1ccc(NC(=O)c2cccc(COC)c2)cc1OC. The fourth-order valence-electron chi connectivity index (χ4n) is 2.19. The van der Waals surface area contributed by atoms with Crippen molar-refractivity contribution < 1.29 is 19.0 Å². The molecule has 5 nitrogen and oxygen atoms in total. The van der Waals surface area contributed by atoms with E-state index in [1.165, 1.54) is 0 Å². The second kappa shape index (κ2) is 8.19. The van der Waals surface area contributed by atoms with Crippen molar-refractivity contribution in [1.82, 2.24) is 0 Å². The molecule has 0 radical (unpaired) electrons. The van der Waals surface area contributed by atoms with E-state index in [0.29, 0.717) is 36.0 Å². The molecular weight excluding hydrogens is 294 g/mol. The number of hydrogen-bond acceptors (Lipinski definition) is 4. The molecule has 2 rings (SSSR count). The highest BCUT2D eigenvalue weighted by molar-refractivity contribution is 6.04. The van der Waals surface area contributed by atoms with Crippen LogP contribution in [-0.2, 0) is 11.3 Å². The van der Waals surface area contributed by atoms with Crippen LogP contribution in [0.3, 0.4) is 0 Å². The van der Waals surface area contributed by atoms with Crippen LogP contribution in [-0.4, -0.2) is 26.7 Å². The maximum atomic E-state index is 12.4. The third-order valence-electron chi connectivity index (χ3n) is 3.22. The molecule has 2 aromatic carbocycles. The molecule has 0 aromatic heterocycles. The largest absolute Gasteiger partial charge is 0.493 e. The van der Waals surface area contributed by atoms with Crippen molar-refractivity contribution in [2.45, 2.75) is 13.5 Å². The van der Waals surface area contributed by atoms with Gasteiger partial charge in [-0.15, -0.1) is 0 Å². The molecule has 0 aliphatic heterocycles. The molecule has 5 heteroatoms. The zero-order valence-corrected chi connectivity index (χ0v) is 13.6. The predicted octanol–water partition coefficient (Wildman–Crippen LogP) is 3.49. The van der Waals surface area contributed by atoms with E-state index in [1.54, 1.807) is 38.5 Å². The quantitative estimate of drug-likeness (QED) is 0.849. The highest BCUT2D eigenvalue weighted by Gasteiger charge is 2.10. The summed E-state index contributed by atoms with van der Waals surface area (Å²) < 4.78 is 15.8. The van der Waals surface area contributed by atoms with Crippen molar-refractivity contribution in [3.63, 3.8) is 0 Å². The minimum atomic E-state index is -0.186. The molecule has 0 fully saturated rings. The molecule has 0 saturated heterocycles. The Morgan fingerprint density at radius 1 is 1.09 bits per heavy atom. The lowest BCUT2D eigenvalue weighted by Crippen LogP contribution is -2.12. The number of benzene rings is 2. The number of amides is 1. The summed E-state index contributed by atoms with van der Waals surface area (Å²) in [6, 6.07) is 12.6. The summed E-state index contributed by atoms with van der Waals surface area (Å²) in [4.78, 5) is 12.4. The Bertz CT molecular complexity index is 670. The average Bonchev–Trinajstić information content (AvgIpc) is 2.57. The van der Waals surface area contributed by atoms with Gasteiger partial charge in [0.25, 0.3) is 5.91 Å². The Kier molecular flexibility index (Phi) is 6.00. The number of nitrogens with one attached hydrogen (secondary N) is 1. The van der Waals surface area contributed by atoms with Crippen LogP contribution in [0.2, 0.25) is 0 Å². The molecule has 1 amide bonds. The summed E-state index contributed by atoms with van der Waals surface area (Å²) in [6.45, 7) is 2.93. The number of carbonyl (C=O) groups excluding carboxylic acids is 1. The number of methoxy groups -OCH3 is 2. The lowest BCUT2D eigenvalue weighted by Gasteiger charge is -2.12. The molecule has 0 aliphatic carbocycles. The van der Waals surface area contributed by atoms with Gasteiger partial charge in [0.05, 0.1) is 20.3 Å². The topological polar surface area (TPSA) is 56.8 Å². The van der Waals surface area contributed by atoms with Crippen LogP contribution in [0.5, 0.6) is 11.5 Å². The van der Waals surface area contributed by atoms with E-state index in [4.69, 9.17) is 14.2 Å². The van der Waals surface area contributed by atoms with Crippen molar-refractivity contribution in [3.05, 3.63) is 53.6 Å². The highest BCUT2D eigenvalue weighted by Crippen LogP contribution is 2.30. The van der Waals surface area contributed by atoms with Gasteiger partial charge in [-0.05, 0) is 36.8 Å². The van der Waals surface area contributed by atoms with Crippen molar-refractivity contribution in [1.29, 1.82) is 0 Å². The Labute approximate surface area is 136 Å². The third kappa shape index (κ3) is 4.47. The first-order chi connectivity index (χ1) is 11.2.